The third-order valence-corrected chi connectivity index (χ3v) is 3.56. The first kappa shape index (κ1) is 12.8. The maximum absolute atomic E-state index is 10.2. The number of rotatable bonds is 3. The molecule has 0 radical (unpaired) electrons. The van der Waals surface area contributed by atoms with Crippen LogP contribution in [0.15, 0.2) is 0 Å². The van der Waals surface area contributed by atoms with E-state index in [1.54, 1.807) is 0 Å². The van der Waals surface area contributed by atoms with Gasteiger partial charge < -0.3 is 4.84 Å². The first-order chi connectivity index (χ1) is 7.36. The maximum atomic E-state index is 10.2. The summed E-state index contributed by atoms with van der Waals surface area (Å²) in [6.45, 7) is 7.66. The first-order valence-corrected chi connectivity index (χ1v) is 5.26. The molecule has 16 heavy (non-hydrogen) atoms. The molecule has 0 heterocycles. The quantitative estimate of drug-likeness (QED) is 0.605. The van der Waals surface area contributed by atoms with Gasteiger partial charge in [-0.3, -0.25) is 0 Å². The molecule has 0 aliphatic carbocycles. The summed E-state index contributed by atoms with van der Waals surface area (Å²) in [7, 11) is 0. The highest BCUT2D eigenvalue weighted by atomic mass is 35.5. The minimum Gasteiger partial charge on any atom is -0.309 e. The molecule has 0 atom stereocenters. The lowest BCUT2D eigenvalue weighted by molar-refractivity contribution is -0.763. The summed E-state index contributed by atoms with van der Waals surface area (Å²) in [4.78, 5) is 14.5. The lowest BCUT2D eigenvalue weighted by Crippen LogP contribution is -2.06. The van der Waals surface area contributed by atoms with Crippen molar-refractivity contribution in [3.05, 3.63) is 43.0 Å². The average Bonchev–Trinajstić information content (AvgIpc) is 2.23. The van der Waals surface area contributed by atoms with Crippen LogP contribution < -0.4 is 0 Å². The number of hydrogen-bond donors (Lipinski definition) is 0. The minimum atomic E-state index is -0.805. The van der Waals surface area contributed by atoms with Gasteiger partial charge in [0.05, 0.1) is 0 Å². The molecule has 0 aliphatic heterocycles. The van der Waals surface area contributed by atoms with E-state index in [9.17, 15) is 10.1 Å². The molecule has 0 unspecified atom stereocenters. The van der Waals surface area contributed by atoms with Gasteiger partial charge in [0.25, 0.3) is 5.09 Å². The van der Waals surface area contributed by atoms with Crippen LogP contribution in [0.2, 0.25) is 5.02 Å². The lowest BCUT2D eigenvalue weighted by Gasteiger charge is -2.16. The molecular formula is C11H14ClNO3. The Labute approximate surface area is 99.3 Å². The van der Waals surface area contributed by atoms with Crippen LogP contribution >= 0.6 is 11.6 Å². The summed E-state index contributed by atoms with van der Waals surface area (Å²) in [5.74, 6) is 0. The van der Waals surface area contributed by atoms with Crippen molar-refractivity contribution in [2.45, 2.75) is 34.3 Å². The van der Waals surface area contributed by atoms with Crippen molar-refractivity contribution in [2.24, 2.45) is 0 Å². The Bertz CT molecular complexity index is 414. The molecule has 0 saturated heterocycles. The van der Waals surface area contributed by atoms with Gasteiger partial charge in [0.1, 0.15) is 6.61 Å². The van der Waals surface area contributed by atoms with E-state index in [0.29, 0.717) is 10.6 Å². The smallest absolute Gasteiger partial charge is 0.294 e. The van der Waals surface area contributed by atoms with Gasteiger partial charge in [0, 0.05) is 5.02 Å². The lowest BCUT2D eigenvalue weighted by atomic mass is 9.95. The molecule has 0 saturated carbocycles. The fraction of sp³-hybridized carbons (Fsp3) is 0.455. The zero-order valence-corrected chi connectivity index (χ0v) is 10.5. The van der Waals surface area contributed by atoms with Crippen molar-refractivity contribution in [1.29, 1.82) is 0 Å². The molecule has 0 N–H and O–H groups in total. The predicted octanol–water partition coefficient (Wildman–Crippen LogP) is 3.28. The largest absolute Gasteiger partial charge is 0.309 e. The molecule has 1 rings (SSSR count). The fourth-order valence-corrected chi connectivity index (χ4v) is 1.97. The van der Waals surface area contributed by atoms with Crippen LogP contribution in [0.4, 0.5) is 0 Å². The Hall–Kier alpha value is -1.29. The van der Waals surface area contributed by atoms with E-state index in [1.807, 2.05) is 27.7 Å². The van der Waals surface area contributed by atoms with Gasteiger partial charge in [-0.25, -0.2) is 0 Å². The third kappa shape index (κ3) is 2.27. The van der Waals surface area contributed by atoms with E-state index >= 15 is 0 Å². The predicted molar refractivity (Wildman–Crippen MR) is 62.2 cm³/mol. The Morgan fingerprint density at radius 2 is 1.62 bits per heavy atom. The Morgan fingerprint density at radius 3 is 2.12 bits per heavy atom. The summed E-state index contributed by atoms with van der Waals surface area (Å²) in [6.07, 6.45) is 0. The highest BCUT2D eigenvalue weighted by Gasteiger charge is 2.14. The molecule has 5 heteroatoms. The van der Waals surface area contributed by atoms with E-state index in [4.69, 9.17) is 11.6 Å². The second kappa shape index (κ2) is 4.70. The molecule has 0 amide bonds. The minimum absolute atomic E-state index is 0.0976. The van der Waals surface area contributed by atoms with Gasteiger partial charge in [0.15, 0.2) is 0 Å². The molecule has 0 aliphatic rings. The van der Waals surface area contributed by atoms with Crippen molar-refractivity contribution in [3.8, 4) is 0 Å². The van der Waals surface area contributed by atoms with Gasteiger partial charge in [-0.2, -0.15) is 0 Å². The van der Waals surface area contributed by atoms with E-state index in [0.717, 1.165) is 22.3 Å². The van der Waals surface area contributed by atoms with Crippen LogP contribution in [-0.2, 0) is 11.4 Å². The number of nitrogens with zero attached hydrogens (tertiary/aromatic N) is 1. The Kier molecular flexibility index (Phi) is 3.75. The van der Waals surface area contributed by atoms with E-state index in [-0.39, 0.29) is 6.61 Å². The summed E-state index contributed by atoms with van der Waals surface area (Å²) < 4.78 is 0. The van der Waals surface area contributed by atoms with E-state index in [1.165, 1.54) is 0 Å². The van der Waals surface area contributed by atoms with Gasteiger partial charge in [0.2, 0.25) is 0 Å². The van der Waals surface area contributed by atoms with Crippen LogP contribution in [0.1, 0.15) is 27.8 Å². The van der Waals surface area contributed by atoms with Crippen LogP contribution in [0, 0.1) is 37.8 Å². The highest BCUT2D eigenvalue weighted by molar-refractivity contribution is 6.32. The Morgan fingerprint density at radius 1 is 1.12 bits per heavy atom. The van der Waals surface area contributed by atoms with Crippen LogP contribution in [0.5, 0.6) is 0 Å². The molecule has 0 bridgehead atoms. The van der Waals surface area contributed by atoms with E-state index in [2.05, 4.69) is 4.84 Å². The van der Waals surface area contributed by atoms with E-state index < -0.39 is 5.09 Å². The fourth-order valence-electron chi connectivity index (χ4n) is 1.63. The molecule has 1 aromatic carbocycles. The summed E-state index contributed by atoms with van der Waals surface area (Å²) in [6, 6.07) is 0. The summed E-state index contributed by atoms with van der Waals surface area (Å²) in [5, 5.41) is 9.92. The van der Waals surface area contributed by atoms with Crippen molar-refractivity contribution in [1.82, 2.24) is 0 Å². The van der Waals surface area contributed by atoms with Crippen LogP contribution in [0.25, 0.3) is 0 Å². The molecule has 0 fully saturated rings. The second-order valence-corrected chi connectivity index (χ2v) is 4.17. The first-order valence-electron chi connectivity index (χ1n) is 4.88. The normalized spacial score (nSPS) is 10.3. The zero-order chi connectivity index (χ0) is 12.5. The molecule has 4 nitrogen and oxygen atoms in total. The van der Waals surface area contributed by atoms with Crippen molar-refractivity contribution < 1.29 is 9.92 Å². The highest BCUT2D eigenvalue weighted by Crippen LogP contribution is 2.30. The molecule has 1 aromatic rings. The summed E-state index contributed by atoms with van der Waals surface area (Å²) in [5.41, 5.74) is 4.82. The monoisotopic (exact) mass is 243 g/mol. The van der Waals surface area contributed by atoms with Gasteiger partial charge in [-0.05, 0) is 55.5 Å². The van der Waals surface area contributed by atoms with Gasteiger partial charge >= 0.3 is 0 Å². The SMILES string of the molecule is Cc1c(C)c(C)c(CO[N+](=O)[O-])c(Cl)c1C. The van der Waals surface area contributed by atoms with Gasteiger partial charge in [-0.1, -0.05) is 11.6 Å². The van der Waals surface area contributed by atoms with Crippen molar-refractivity contribution in [3.63, 3.8) is 0 Å². The van der Waals surface area contributed by atoms with Crippen LogP contribution in [-0.4, -0.2) is 5.09 Å². The Balaban J connectivity index is 3.23. The number of benzene rings is 1. The molecule has 88 valence electrons. The average molecular weight is 244 g/mol. The zero-order valence-electron chi connectivity index (χ0n) is 9.76. The maximum Gasteiger partial charge on any atom is 0.294 e. The summed E-state index contributed by atoms with van der Waals surface area (Å²) >= 11 is 6.16. The molecule has 0 spiro atoms. The van der Waals surface area contributed by atoms with Gasteiger partial charge in [-0.15, -0.1) is 10.1 Å². The molecule has 0 aromatic heterocycles. The topological polar surface area (TPSA) is 52.4 Å². The van der Waals surface area contributed by atoms with Crippen LogP contribution in [0.3, 0.4) is 0 Å². The van der Waals surface area contributed by atoms with Crippen molar-refractivity contribution in [2.75, 3.05) is 0 Å². The molecular weight excluding hydrogens is 230 g/mol. The standard InChI is InChI=1S/C11H14ClNO3/c1-6-7(2)9(4)11(12)10(8(6)3)5-16-13(14)15/h5H2,1-4H3. The number of halogens is 1. The third-order valence-electron chi connectivity index (χ3n) is 3.05. The second-order valence-electron chi connectivity index (χ2n) is 3.79. The number of hydrogen-bond acceptors (Lipinski definition) is 3. The van der Waals surface area contributed by atoms with Crippen molar-refractivity contribution >= 4 is 11.6 Å².